The molecule has 2 aliphatic heterocycles. The van der Waals surface area contributed by atoms with Crippen molar-refractivity contribution in [1.82, 2.24) is 5.01 Å². The molecule has 3 aliphatic rings. The SMILES string of the molecule is CC1SC(=O)N(C)N=C1c1ccc2c(c1)C1(CCCC1)C(=O)N2C. The van der Waals surface area contributed by atoms with Crippen LogP contribution in [0.4, 0.5) is 10.5 Å². The third kappa shape index (κ3) is 2.05. The molecule has 6 heteroatoms. The van der Waals surface area contributed by atoms with Crippen LogP contribution in [0.1, 0.15) is 43.7 Å². The minimum absolute atomic E-state index is 0.0149. The average molecular weight is 343 g/mol. The maximum absolute atomic E-state index is 12.9. The number of anilines is 1. The second kappa shape index (κ2) is 5.34. The highest BCUT2D eigenvalue weighted by atomic mass is 32.2. The Morgan fingerprint density at radius 2 is 1.92 bits per heavy atom. The van der Waals surface area contributed by atoms with E-state index in [9.17, 15) is 9.59 Å². The normalized spacial score (nSPS) is 25.5. The molecule has 0 bridgehead atoms. The van der Waals surface area contributed by atoms with Crippen LogP contribution in [-0.2, 0) is 10.2 Å². The maximum Gasteiger partial charge on any atom is 0.302 e. The number of carbonyl (C=O) groups excluding carboxylic acids is 2. The van der Waals surface area contributed by atoms with E-state index >= 15 is 0 Å². The lowest BCUT2D eigenvalue weighted by Crippen LogP contribution is -2.36. The molecule has 1 spiro atoms. The molecule has 2 heterocycles. The van der Waals surface area contributed by atoms with E-state index in [-0.39, 0.29) is 21.8 Å². The van der Waals surface area contributed by atoms with Crippen molar-refractivity contribution in [2.45, 2.75) is 43.3 Å². The van der Waals surface area contributed by atoms with E-state index in [4.69, 9.17) is 0 Å². The Hall–Kier alpha value is -1.82. The predicted octanol–water partition coefficient (Wildman–Crippen LogP) is 3.37. The van der Waals surface area contributed by atoms with Gasteiger partial charge in [-0.2, -0.15) is 5.10 Å². The molecular formula is C18H21N3O2S. The van der Waals surface area contributed by atoms with Crippen molar-refractivity contribution in [2.75, 3.05) is 19.0 Å². The number of carbonyl (C=O) groups is 2. The lowest BCUT2D eigenvalue weighted by molar-refractivity contribution is -0.122. The molecule has 1 unspecified atom stereocenters. The Morgan fingerprint density at radius 3 is 2.62 bits per heavy atom. The first kappa shape index (κ1) is 15.7. The summed E-state index contributed by atoms with van der Waals surface area (Å²) in [5.41, 5.74) is 3.74. The Bertz CT molecular complexity index is 768. The van der Waals surface area contributed by atoms with E-state index in [0.717, 1.165) is 48.2 Å². The molecule has 0 radical (unpaired) electrons. The summed E-state index contributed by atoms with van der Waals surface area (Å²) in [5, 5.41) is 5.85. The van der Waals surface area contributed by atoms with Crippen molar-refractivity contribution in [3.8, 4) is 0 Å². The molecule has 1 aromatic carbocycles. The number of benzene rings is 1. The van der Waals surface area contributed by atoms with Gasteiger partial charge in [-0.3, -0.25) is 9.59 Å². The van der Waals surface area contributed by atoms with Gasteiger partial charge in [0.05, 0.1) is 16.4 Å². The third-order valence-electron chi connectivity index (χ3n) is 5.52. The smallest absolute Gasteiger partial charge is 0.302 e. The van der Waals surface area contributed by atoms with Crippen LogP contribution >= 0.6 is 11.8 Å². The molecule has 24 heavy (non-hydrogen) atoms. The zero-order valence-electron chi connectivity index (χ0n) is 14.2. The fraction of sp³-hybridized carbons (Fsp3) is 0.500. The molecule has 0 saturated heterocycles. The lowest BCUT2D eigenvalue weighted by atomic mass is 9.79. The first-order chi connectivity index (χ1) is 11.4. The number of amides is 2. The maximum atomic E-state index is 12.9. The summed E-state index contributed by atoms with van der Waals surface area (Å²) in [6.07, 6.45) is 4.07. The molecular weight excluding hydrogens is 322 g/mol. The fourth-order valence-electron chi connectivity index (χ4n) is 4.24. The van der Waals surface area contributed by atoms with Crippen LogP contribution in [0.5, 0.6) is 0 Å². The molecule has 4 rings (SSSR count). The van der Waals surface area contributed by atoms with Crippen LogP contribution in [-0.4, -0.2) is 41.2 Å². The van der Waals surface area contributed by atoms with Gasteiger partial charge in [-0.25, -0.2) is 5.01 Å². The number of rotatable bonds is 1. The second-order valence-corrected chi connectivity index (χ2v) is 8.21. The van der Waals surface area contributed by atoms with Crippen LogP contribution in [0.3, 0.4) is 0 Å². The van der Waals surface area contributed by atoms with Gasteiger partial charge in [-0.15, -0.1) is 0 Å². The molecule has 0 aromatic heterocycles. The number of hydrazone groups is 1. The van der Waals surface area contributed by atoms with Crippen LogP contribution < -0.4 is 4.90 Å². The molecule has 5 nitrogen and oxygen atoms in total. The van der Waals surface area contributed by atoms with Crippen LogP contribution in [0.25, 0.3) is 0 Å². The van der Waals surface area contributed by atoms with Crippen molar-refractivity contribution in [3.05, 3.63) is 29.3 Å². The minimum Gasteiger partial charge on any atom is -0.314 e. The average Bonchev–Trinajstić information content (AvgIpc) is 3.13. The summed E-state index contributed by atoms with van der Waals surface area (Å²) in [6, 6.07) is 6.20. The summed E-state index contributed by atoms with van der Waals surface area (Å²) in [4.78, 5) is 26.5. The topological polar surface area (TPSA) is 53.0 Å². The first-order valence-corrected chi connectivity index (χ1v) is 9.28. The highest BCUT2D eigenvalue weighted by Gasteiger charge is 2.51. The molecule has 0 N–H and O–H groups in total. The first-order valence-electron chi connectivity index (χ1n) is 8.40. The zero-order chi connectivity index (χ0) is 17.1. The van der Waals surface area contributed by atoms with Gasteiger partial charge in [0.1, 0.15) is 0 Å². The van der Waals surface area contributed by atoms with E-state index in [1.165, 1.54) is 16.8 Å². The highest BCUT2D eigenvalue weighted by Crippen LogP contribution is 2.51. The minimum atomic E-state index is -0.340. The van der Waals surface area contributed by atoms with Gasteiger partial charge >= 0.3 is 5.24 Å². The van der Waals surface area contributed by atoms with Crippen molar-refractivity contribution >= 4 is 34.3 Å². The van der Waals surface area contributed by atoms with Gasteiger partial charge in [0, 0.05) is 19.8 Å². The lowest BCUT2D eigenvalue weighted by Gasteiger charge is -2.25. The number of fused-ring (bicyclic) bond motifs is 2. The van der Waals surface area contributed by atoms with Crippen molar-refractivity contribution in [1.29, 1.82) is 0 Å². The molecule has 126 valence electrons. The van der Waals surface area contributed by atoms with Gasteiger partial charge in [0.25, 0.3) is 0 Å². The van der Waals surface area contributed by atoms with Crippen molar-refractivity contribution < 1.29 is 9.59 Å². The number of hydrogen-bond acceptors (Lipinski definition) is 4. The van der Waals surface area contributed by atoms with Crippen LogP contribution in [0.2, 0.25) is 0 Å². The summed E-state index contributed by atoms with van der Waals surface area (Å²) >= 11 is 1.29. The number of thioether (sulfide) groups is 1. The Balaban J connectivity index is 1.82. The molecule has 1 aromatic rings. The van der Waals surface area contributed by atoms with Crippen molar-refractivity contribution in [3.63, 3.8) is 0 Å². The van der Waals surface area contributed by atoms with Gasteiger partial charge in [0.2, 0.25) is 5.91 Å². The largest absolute Gasteiger partial charge is 0.314 e. The quantitative estimate of drug-likeness (QED) is 0.785. The Labute approximate surface area is 146 Å². The number of nitrogens with zero attached hydrogens (tertiary/aromatic N) is 3. The molecule has 1 atom stereocenters. The van der Waals surface area contributed by atoms with Crippen LogP contribution in [0.15, 0.2) is 23.3 Å². The summed E-state index contributed by atoms with van der Waals surface area (Å²) in [5.74, 6) is 0.229. The van der Waals surface area contributed by atoms with E-state index in [0.29, 0.717) is 0 Å². The van der Waals surface area contributed by atoms with E-state index < -0.39 is 0 Å². The fourth-order valence-corrected chi connectivity index (χ4v) is 5.03. The van der Waals surface area contributed by atoms with Gasteiger partial charge in [-0.1, -0.05) is 30.7 Å². The predicted molar refractivity (Wildman–Crippen MR) is 96.7 cm³/mol. The molecule has 2 amide bonds. The standard InChI is InChI=1S/C18H21N3O2S/c1-11-15(19-21(3)17(23)24-11)12-6-7-14-13(10-12)18(8-4-5-9-18)16(22)20(14)2/h6-7,10-11H,4-5,8-9H2,1-3H3. The molecule has 1 aliphatic carbocycles. The second-order valence-electron chi connectivity index (χ2n) is 6.92. The van der Waals surface area contributed by atoms with Gasteiger partial charge < -0.3 is 4.90 Å². The third-order valence-corrected chi connectivity index (χ3v) is 6.57. The summed E-state index contributed by atoms with van der Waals surface area (Å²) in [7, 11) is 3.56. The Morgan fingerprint density at radius 1 is 1.21 bits per heavy atom. The molecule has 1 saturated carbocycles. The van der Waals surface area contributed by atoms with E-state index in [1.54, 1.807) is 11.9 Å². The zero-order valence-corrected chi connectivity index (χ0v) is 15.0. The van der Waals surface area contributed by atoms with Gasteiger partial charge in [0.15, 0.2) is 0 Å². The van der Waals surface area contributed by atoms with Gasteiger partial charge in [-0.05, 0) is 43.0 Å². The molecule has 1 fully saturated rings. The summed E-state index contributed by atoms with van der Waals surface area (Å²) < 4.78 is 0. The highest BCUT2D eigenvalue weighted by molar-refractivity contribution is 8.14. The Kier molecular flexibility index (Phi) is 3.49. The summed E-state index contributed by atoms with van der Waals surface area (Å²) in [6.45, 7) is 2.00. The van der Waals surface area contributed by atoms with E-state index in [1.807, 2.05) is 26.1 Å². The van der Waals surface area contributed by atoms with Crippen molar-refractivity contribution in [2.24, 2.45) is 5.10 Å². The van der Waals surface area contributed by atoms with Crippen LogP contribution in [0, 0.1) is 0 Å². The number of likely N-dealkylation sites (N-methyl/N-ethyl adjacent to an activating group) is 1. The number of hydrogen-bond donors (Lipinski definition) is 0. The van der Waals surface area contributed by atoms with E-state index in [2.05, 4.69) is 11.2 Å². The monoisotopic (exact) mass is 343 g/mol.